The van der Waals surface area contributed by atoms with E-state index in [9.17, 15) is 0 Å². The number of anilines is 1. The number of hydrogen-bond donors (Lipinski definition) is 1. The largest absolute Gasteiger partial charge is 0.374 e. The summed E-state index contributed by atoms with van der Waals surface area (Å²) >= 11 is 0. The van der Waals surface area contributed by atoms with E-state index in [4.69, 9.17) is 0 Å². The van der Waals surface area contributed by atoms with Gasteiger partial charge in [-0.25, -0.2) is 0 Å². The van der Waals surface area contributed by atoms with E-state index in [2.05, 4.69) is 41.5 Å². The fraction of sp³-hybridized carbons (Fsp3) is 0.571. The monoisotopic (exact) mass is 216 g/mol. The second kappa shape index (κ2) is 4.10. The molecule has 0 amide bonds. The molecule has 1 atom stereocenters. The van der Waals surface area contributed by atoms with Gasteiger partial charge in [-0.05, 0) is 43.4 Å². The molecule has 3 rings (SSSR count). The number of benzene rings is 1. The Balaban J connectivity index is 1.77. The number of para-hydroxylation sites is 1. The smallest absolute Gasteiger partial charge is 0.0412 e. The molecule has 0 aromatic heterocycles. The van der Waals surface area contributed by atoms with Gasteiger partial charge in [0.2, 0.25) is 0 Å². The zero-order chi connectivity index (χ0) is 11.0. The Morgan fingerprint density at radius 3 is 2.88 bits per heavy atom. The minimum absolute atomic E-state index is 0.577. The number of rotatable bonds is 3. The highest BCUT2D eigenvalue weighted by atomic mass is 15.1. The van der Waals surface area contributed by atoms with Crippen molar-refractivity contribution >= 4 is 5.69 Å². The molecule has 0 radical (unpaired) electrons. The summed E-state index contributed by atoms with van der Waals surface area (Å²) in [6, 6.07) is 9.38. The van der Waals surface area contributed by atoms with E-state index in [-0.39, 0.29) is 0 Å². The molecule has 2 nitrogen and oxygen atoms in total. The van der Waals surface area contributed by atoms with Crippen molar-refractivity contribution < 1.29 is 0 Å². The van der Waals surface area contributed by atoms with Crippen molar-refractivity contribution in [3.63, 3.8) is 0 Å². The molecule has 1 aliphatic carbocycles. The van der Waals surface area contributed by atoms with E-state index in [0.717, 1.165) is 5.92 Å². The second-order valence-electron chi connectivity index (χ2n) is 5.17. The van der Waals surface area contributed by atoms with E-state index in [1.165, 1.54) is 43.6 Å². The van der Waals surface area contributed by atoms with Crippen LogP contribution in [0.3, 0.4) is 0 Å². The molecule has 1 aliphatic heterocycles. The Kier molecular flexibility index (Phi) is 2.60. The van der Waals surface area contributed by atoms with Crippen LogP contribution in [0.5, 0.6) is 0 Å². The molecule has 1 N–H and O–H groups in total. The quantitative estimate of drug-likeness (QED) is 0.835. The molecule has 1 unspecified atom stereocenters. The molecule has 1 aromatic rings. The normalized spacial score (nSPS) is 24.3. The lowest BCUT2D eigenvalue weighted by molar-refractivity contribution is 0.473. The number of hydrogen-bond acceptors (Lipinski definition) is 2. The van der Waals surface area contributed by atoms with Gasteiger partial charge in [0.1, 0.15) is 0 Å². The maximum absolute atomic E-state index is 3.73. The van der Waals surface area contributed by atoms with Gasteiger partial charge in [0.15, 0.2) is 0 Å². The molecule has 16 heavy (non-hydrogen) atoms. The van der Waals surface area contributed by atoms with Crippen LogP contribution in [0.25, 0.3) is 0 Å². The maximum atomic E-state index is 3.73. The minimum atomic E-state index is 0.577. The van der Waals surface area contributed by atoms with Crippen LogP contribution in [0.2, 0.25) is 0 Å². The first-order valence-electron chi connectivity index (χ1n) is 6.38. The lowest BCUT2D eigenvalue weighted by Crippen LogP contribution is -2.34. The summed E-state index contributed by atoms with van der Waals surface area (Å²) in [5.41, 5.74) is 2.89. The molecule has 0 bridgehead atoms. The van der Waals surface area contributed by atoms with E-state index < -0.39 is 0 Å². The summed E-state index contributed by atoms with van der Waals surface area (Å²) in [7, 11) is 2.19. The molecule has 2 aliphatic rings. The first kappa shape index (κ1) is 10.2. The van der Waals surface area contributed by atoms with E-state index in [1.54, 1.807) is 0 Å². The second-order valence-corrected chi connectivity index (χ2v) is 5.17. The zero-order valence-electron chi connectivity index (χ0n) is 9.95. The van der Waals surface area contributed by atoms with Crippen molar-refractivity contribution in [1.82, 2.24) is 5.32 Å². The van der Waals surface area contributed by atoms with Crippen molar-refractivity contribution in [2.75, 3.05) is 25.0 Å². The molecular formula is C14H20N2. The summed E-state index contributed by atoms with van der Waals surface area (Å²) in [6.07, 6.45) is 4.10. The number of nitrogens with one attached hydrogen (secondary N) is 1. The van der Waals surface area contributed by atoms with Crippen LogP contribution in [0.4, 0.5) is 5.69 Å². The molecule has 1 fully saturated rings. The van der Waals surface area contributed by atoms with E-state index in [1.807, 2.05) is 0 Å². The summed E-state index contributed by atoms with van der Waals surface area (Å²) in [4.78, 5) is 2.37. The topological polar surface area (TPSA) is 15.3 Å². The van der Waals surface area contributed by atoms with Gasteiger partial charge < -0.3 is 10.2 Å². The van der Waals surface area contributed by atoms with Crippen molar-refractivity contribution in [3.8, 4) is 0 Å². The van der Waals surface area contributed by atoms with Gasteiger partial charge in [-0.3, -0.25) is 0 Å². The van der Waals surface area contributed by atoms with Gasteiger partial charge in [0, 0.05) is 25.3 Å². The summed E-state index contributed by atoms with van der Waals surface area (Å²) in [5.74, 6) is 0.965. The van der Waals surface area contributed by atoms with Crippen LogP contribution in [-0.2, 0) is 0 Å². The minimum Gasteiger partial charge on any atom is -0.374 e. The Bertz CT molecular complexity index is 371. The van der Waals surface area contributed by atoms with Crippen LogP contribution in [0.15, 0.2) is 24.3 Å². The van der Waals surface area contributed by atoms with Crippen molar-refractivity contribution in [3.05, 3.63) is 29.8 Å². The van der Waals surface area contributed by atoms with Gasteiger partial charge in [0.05, 0.1) is 0 Å². The maximum Gasteiger partial charge on any atom is 0.0412 e. The van der Waals surface area contributed by atoms with Crippen LogP contribution in [0, 0.1) is 5.92 Å². The van der Waals surface area contributed by atoms with Crippen molar-refractivity contribution in [2.45, 2.75) is 25.3 Å². The Hall–Kier alpha value is -1.02. The van der Waals surface area contributed by atoms with Crippen LogP contribution >= 0.6 is 0 Å². The summed E-state index contributed by atoms with van der Waals surface area (Å²) in [5, 5.41) is 3.73. The van der Waals surface area contributed by atoms with Crippen molar-refractivity contribution in [2.24, 2.45) is 5.92 Å². The Labute approximate surface area is 97.6 Å². The van der Waals surface area contributed by atoms with Crippen molar-refractivity contribution in [1.29, 1.82) is 0 Å². The molecule has 1 heterocycles. The third kappa shape index (κ3) is 1.94. The molecule has 1 saturated carbocycles. The zero-order valence-corrected chi connectivity index (χ0v) is 9.95. The predicted molar refractivity (Wildman–Crippen MR) is 67.8 cm³/mol. The first-order valence-corrected chi connectivity index (χ1v) is 6.38. The Morgan fingerprint density at radius 2 is 2.06 bits per heavy atom. The van der Waals surface area contributed by atoms with Crippen LogP contribution in [-0.4, -0.2) is 20.1 Å². The van der Waals surface area contributed by atoms with Gasteiger partial charge >= 0.3 is 0 Å². The molecule has 86 valence electrons. The molecule has 0 saturated heterocycles. The summed E-state index contributed by atoms with van der Waals surface area (Å²) in [6.45, 7) is 2.38. The lowest BCUT2D eigenvalue weighted by Gasteiger charge is -2.33. The SMILES string of the molecule is CN1CCC(NCC2CC2)c2ccccc21. The van der Waals surface area contributed by atoms with Crippen LogP contribution < -0.4 is 10.2 Å². The highest BCUT2D eigenvalue weighted by Crippen LogP contribution is 2.34. The predicted octanol–water partition coefficient (Wildman–Crippen LogP) is 2.57. The standard InChI is InChI=1S/C14H20N2/c1-16-9-8-13(15-10-11-6-7-11)12-4-2-3-5-14(12)16/h2-5,11,13,15H,6-10H2,1H3. The fourth-order valence-electron chi connectivity index (χ4n) is 2.57. The van der Waals surface area contributed by atoms with Gasteiger partial charge in [-0.15, -0.1) is 0 Å². The molecule has 1 aromatic carbocycles. The van der Waals surface area contributed by atoms with Crippen LogP contribution in [0.1, 0.15) is 30.9 Å². The van der Waals surface area contributed by atoms with E-state index >= 15 is 0 Å². The first-order chi connectivity index (χ1) is 7.84. The third-order valence-electron chi connectivity index (χ3n) is 3.83. The number of nitrogens with zero attached hydrogens (tertiary/aromatic N) is 1. The average molecular weight is 216 g/mol. The highest BCUT2D eigenvalue weighted by Gasteiger charge is 2.26. The summed E-state index contributed by atoms with van der Waals surface area (Å²) < 4.78 is 0. The molecule has 2 heteroatoms. The third-order valence-corrected chi connectivity index (χ3v) is 3.83. The molecular weight excluding hydrogens is 196 g/mol. The number of fused-ring (bicyclic) bond motifs is 1. The van der Waals surface area contributed by atoms with Gasteiger partial charge in [-0.1, -0.05) is 18.2 Å². The van der Waals surface area contributed by atoms with Gasteiger partial charge in [0.25, 0.3) is 0 Å². The fourth-order valence-corrected chi connectivity index (χ4v) is 2.57. The lowest BCUT2D eigenvalue weighted by atomic mass is 9.96. The average Bonchev–Trinajstić information content (AvgIpc) is 3.13. The van der Waals surface area contributed by atoms with Gasteiger partial charge in [-0.2, -0.15) is 0 Å². The Morgan fingerprint density at radius 1 is 1.25 bits per heavy atom. The highest BCUT2D eigenvalue weighted by molar-refractivity contribution is 5.56. The van der Waals surface area contributed by atoms with E-state index in [0.29, 0.717) is 6.04 Å². The molecule has 0 spiro atoms.